The number of carboxylic acids is 2. The van der Waals surface area contributed by atoms with Crippen LogP contribution < -0.4 is 10.2 Å². The monoisotopic (exact) mass is 820 g/mol. The molecule has 0 aliphatic heterocycles. The molecule has 0 atom stereocenters. The number of carboxylic acid groups (broad SMARTS) is 2. The number of benzene rings is 2. The summed E-state index contributed by atoms with van der Waals surface area (Å²) in [5.74, 6) is -1.82. The van der Waals surface area contributed by atoms with Gasteiger partial charge in [0, 0.05) is 11.9 Å². The number of hydrogen-bond acceptors (Lipinski definition) is 4. The molecule has 0 aromatic heterocycles. The second kappa shape index (κ2) is 36.4. The maximum atomic E-state index is 10.1. The van der Waals surface area contributed by atoms with Gasteiger partial charge in [0.1, 0.15) is 0 Å². The molecule has 240 valence electrons. The van der Waals surface area contributed by atoms with Crippen LogP contribution in [0, 0.1) is 0 Å². The van der Waals surface area contributed by atoms with Crippen LogP contribution in [0.2, 0.25) is 0 Å². The molecule has 0 N–H and O–H groups in total. The summed E-state index contributed by atoms with van der Waals surface area (Å²) in [5, 5.41) is 20.2. The van der Waals surface area contributed by atoms with Crippen molar-refractivity contribution in [3.05, 3.63) is 71.8 Å². The average molecular weight is 818 g/mol. The predicted molar refractivity (Wildman–Crippen MR) is 186 cm³/mol. The van der Waals surface area contributed by atoms with Crippen LogP contribution in [-0.2, 0) is 18.5 Å². The first-order chi connectivity index (χ1) is 21.0. The molecule has 2 aromatic carbocycles. The normalized spacial score (nSPS) is 9.86. The Labute approximate surface area is 297 Å². The Hall–Kier alpha value is -1.02. The first kappa shape index (κ1) is 45.1. The topological polar surface area (TPSA) is 80.3 Å². The van der Waals surface area contributed by atoms with Gasteiger partial charge in [-0.2, -0.15) is 0 Å². The second-order valence-corrected chi connectivity index (χ2v) is 14.9. The van der Waals surface area contributed by atoms with Crippen LogP contribution in [0.15, 0.2) is 60.7 Å². The minimum absolute atomic E-state index is 0. The Bertz CT molecular complexity index is 790. The second-order valence-electron chi connectivity index (χ2n) is 11.5. The van der Waals surface area contributed by atoms with Gasteiger partial charge in [-0.3, -0.25) is 0 Å². The van der Waals surface area contributed by atoms with Crippen LogP contribution in [-0.4, -0.2) is 57.0 Å². The molecule has 0 aliphatic rings. The van der Waals surface area contributed by atoms with Crippen molar-refractivity contribution in [2.24, 2.45) is 0 Å². The molecule has 0 spiro atoms. The van der Waals surface area contributed by atoms with Crippen molar-refractivity contribution >= 4 is 57.0 Å². The van der Waals surface area contributed by atoms with E-state index in [4.69, 9.17) is 0 Å². The maximum absolute atomic E-state index is 10.1. The molecule has 0 fully saturated rings. The SMILES string of the molecule is CCCCCCCCCCCC(=O)[O-].CCCCCCCCCCCC(=O)[O-].[Sn+4].c1ccc([CH2][Sn+2][CH2]c2ccccc2)cc1. The average Bonchev–Trinajstić information content (AvgIpc) is 3.01. The van der Waals surface area contributed by atoms with Crippen molar-refractivity contribution < 1.29 is 19.8 Å². The zero-order valence-corrected chi connectivity index (χ0v) is 33.7. The fourth-order valence-corrected chi connectivity index (χ4v) is 8.05. The van der Waals surface area contributed by atoms with Gasteiger partial charge in [0.25, 0.3) is 0 Å². The minimum atomic E-state index is -0.909. The molecule has 0 saturated carbocycles. The van der Waals surface area contributed by atoms with Crippen LogP contribution >= 0.6 is 0 Å². The Morgan fingerprint density at radius 1 is 0.477 bits per heavy atom. The molecule has 44 heavy (non-hydrogen) atoms. The first-order valence-electron chi connectivity index (χ1n) is 17.2. The van der Waals surface area contributed by atoms with E-state index in [2.05, 4.69) is 74.5 Å². The van der Waals surface area contributed by atoms with E-state index in [0.717, 1.165) is 25.7 Å². The number of hydrogen-bond donors (Lipinski definition) is 0. The van der Waals surface area contributed by atoms with Gasteiger partial charge < -0.3 is 19.8 Å². The van der Waals surface area contributed by atoms with E-state index in [-0.39, 0.29) is 57.9 Å². The van der Waals surface area contributed by atoms with Gasteiger partial charge in [0.15, 0.2) is 0 Å². The molecule has 6 heteroatoms. The van der Waals surface area contributed by atoms with Crippen LogP contribution in [0.4, 0.5) is 0 Å². The van der Waals surface area contributed by atoms with Crippen LogP contribution in [0.25, 0.3) is 0 Å². The summed E-state index contributed by atoms with van der Waals surface area (Å²) >= 11 is -0.258. The van der Waals surface area contributed by atoms with Gasteiger partial charge in [-0.05, 0) is 25.7 Å². The summed E-state index contributed by atoms with van der Waals surface area (Å²) < 4.78 is 2.69. The summed E-state index contributed by atoms with van der Waals surface area (Å²) in [6, 6.07) is 21.7. The van der Waals surface area contributed by atoms with Gasteiger partial charge in [-0.15, -0.1) is 0 Å². The van der Waals surface area contributed by atoms with Gasteiger partial charge in [-0.1, -0.05) is 117 Å². The zero-order chi connectivity index (χ0) is 31.6. The van der Waals surface area contributed by atoms with Gasteiger partial charge in [0.2, 0.25) is 0 Å². The first-order valence-corrected chi connectivity index (χ1v) is 21.2. The fraction of sp³-hybridized carbons (Fsp3) is 0.632. The number of aliphatic carboxylic acids is 2. The zero-order valence-electron chi connectivity index (χ0n) is 28.0. The molecular weight excluding hydrogens is 758 g/mol. The Morgan fingerprint density at radius 3 is 1.02 bits per heavy atom. The quantitative estimate of drug-likeness (QED) is 0.0795. The Kier molecular flexibility index (Phi) is 37.4. The third-order valence-corrected chi connectivity index (χ3v) is 11.1. The van der Waals surface area contributed by atoms with Crippen molar-refractivity contribution in [2.45, 2.75) is 151 Å². The van der Waals surface area contributed by atoms with Crippen LogP contribution in [0.3, 0.4) is 0 Å². The molecule has 2 rings (SSSR count). The van der Waals surface area contributed by atoms with E-state index in [9.17, 15) is 19.8 Å². The third kappa shape index (κ3) is 35.5. The number of rotatable bonds is 24. The number of unbranched alkanes of at least 4 members (excludes halogenated alkanes) is 16. The summed E-state index contributed by atoms with van der Waals surface area (Å²) in [6.45, 7) is 4.44. The molecule has 0 heterocycles. The van der Waals surface area contributed by atoms with Crippen molar-refractivity contribution in [2.75, 3.05) is 0 Å². The van der Waals surface area contributed by atoms with Gasteiger partial charge in [-0.25, -0.2) is 0 Å². The summed E-state index contributed by atoms with van der Waals surface area (Å²) in [5.41, 5.74) is 3.03. The molecule has 2 aromatic rings. The summed E-state index contributed by atoms with van der Waals surface area (Å²) in [4.78, 5) is 20.2. The predicted octanol–water partition coefficient (Wildman–Crippen LogP) is 8.02. The Balaban J connectivity index is 0. The van der Waals surface area contributed by atoms with Crippen LogP contribution in [0.5, 0.6) is 0 Å². The summed E-state index contributed by atoms with van der Waals surface area (Å²) in [6.07, 6.45) is 22.3. The molecule has 0 unspecified atom stereocenters. The third-order valence-electron chi connectivity index (χ3n) is 7.31. The molecule has 4 nitrogen and oxygen atoms in total. The standard InChI is InChI=1S/2C12H24O2.2C7H7.2Sn/c2*1-2-3-4-5-6-7-8-9-10-11-12(13)14;2*1-7-5-3-2-4-6-7;;/h2*2-11H2,1H3,(H,13,14);2*2-6H,1H2;;/q;;;;+2;+4/p-2. The van der Waals surface area contributed by atoms with E-state index in [1.165, 1.54) is 110 Å². The molecule has 0 saturated heterocycles. The van der Waals surface area contributed by atoms with E-state index >= 15 is 0 Å². The van der Waals surface area contributed by atoms with E-state index in [1.807, 2.05) is 0 Å². The number of carbonyl (C=O) groups excluding carboxylic acids is 2. The van der Waals surface area contributed by atoms with Crippen molar-refractivity contribution in [1.82, 2.24) is 0 Å². The number of carbonyl (C=O) groups is 2. The van der Waals surface area contributed by atoms with E-state index in [0.29, 0.717) is 0 Å². The molecule has 0 aliphatic carbocycles. The molecular formula is C38H60O4Sn2+4. The van der Waals surface area contributed by atoms with E-state index in [1.54, 1.807) is 0 Å². The molecule has 0 amide bonds. The Morgan fingerprint density at radius 2 is 0.750 bits per heavy atom. The van der Waals surface area contributed by atoms with Crippen LogP contribution in [0.1, 0.15) is 153 Å². The van der Waals surface area contributed by atoms with Crippen molar-refractivity contribution in [3.63, 3.8) is 0 Å². The molecule has 0 radical (unpaired) electrons. The summed E-state index contributed by atoms with van der Waals surface area (Å²) in [7, 11) is 0. The fourth-order valence-electron chi connectivity index (χ4n) is 4.70. The van der Waals surface area contributed by atoms with E-state index < -0.39 is 11.9 Å². The van der Waals surface area contributed by atoms with Crippen molar-refractivity contribution in [3.8, 4) is 0 Å². The van der Waals surface area contributed by atoms with Gasteiger partial charge >= 0.3 is 126 Å². The van der Waals surface area contributed by atoms with Crippen molar-refractivity contribution in [1.29, 1.82) is 0 Å². The molecule has 0 bridgehead atoms. The van der Waals surface area contributed by atoms with Gasteiger partial charge in [0.05, 0.1) is 0 Å².